The molecule has 160 valence electrons. The maximum absolute atomic E-state index is 12.5. The molecule has 0 aliphatic carbocycles. The molecule has 8 nitrogen and oxygen atoms in total. The number of amides is 1. The lowest BCUT2D eigenvalue weighted by molar-refractivity contribution is -0.121. The highest BCUT2D eigenvalue weighted by Crippen LogP contribution is 2.23. The maximum Gasteiger partial charge on any atom is 0.347 e. The highest BCUT2D eigenvalue weighted by molar-refractivity contribution is 6.02. The van der Waals surface area contributed by atoms with Crippen LogP contribution in [0.5, 0.6) is 0 Å². The van der Waals surface area contributed by atoms with Crippen LogP contribution in [0.4, 0.5) is 0 Å². The predicted octanol–water partition coefficient (Wildman–Crippen LogP) is 1.59. The number of aryl methyl sites for hydroxylation is 1. The monoisotopic (exact) mass is 411 g/mol. The third-order valence-electron chi connectivity index (χ3n) is 5.83. The third kappa shape index (κ3) is 4.39. The molecule has 0 radical (unpaired) electrons. The fraction of sp³-hybridized carbons (Fsp3) is 0.500. The van der Waals surface area contributed by atoms with Gasteiger partial charge in [-0.05, 0) is 38.6 Å². The summed E-state index contributed by atoms with van der Waals surface area (Å²) in [5, 5.41) is 8.44. The Hall–Kier alpha value is -2.71. The van der Waals surface area contributed by atoms with Crippen LogP contribution in [0.15, 0.2) is 33.6 Å². The average molecular weight is 412 g/mol. The lowest BCUT2D eigenvalue weighted by Crippen LogP contribution is -2.46. The minimum Gasteiger partial charge on any atom is -0.422 e. The summed E-state index contributed by atoms with van der Waals surface area (Å²) in [7, 11) is 0. The topological polar surface area (TPSA) is 83.6 Å². The first-order chi connectivity index (χ1) is 14.5. The van der Waals surface area contributed by atoms with E-state index in [1.54, 1.807) is 10.7 Å². The van der Waals surface area contributed by atoms with E-state index in [4.69, 9.17) is 4.42 Å². The summed E-state index contributed by atoms with van der Waals surface area (Å²) in [5.74, 6) is -0.107. The van der Waals surface area contributed by atoms with Crippen LogP contribution >= 0.6 is 0 Å². The second-order valence-electron chi connectivity index (χ2n) is 7.93. The number of benzene rings is 1. The summed E-state index contributed by atoms with van der Waals surface area (Å²) in [4.78, 5) is 29.6. The summed E-state index contributed by atoms with van der Waals surface area (Å²) in [6.07, 6.45) is 2.40. The van der Waals surface area contributed by atoms with Crippen molar-refractivity contribution in [1.82, 2.24) is 24.9 Å². The van der Waals surface area contributed by atoms with E-state index in [2.05, 4.69) is 27.1 Å². The number of likely N-dealkylation sites (N-methyl/N-ethyl adjacent to an activating group) is 1. The van der Waals surface area contributed by atoms with Gasteiger partial charge in [0, 0.05) is 38.1 Å². The van der Waals surface area contributed by atoms with Gasteiger partial charge in [-0.1, -0.05) is 18.6 Å². The Morgan fingerprint density at radius 1 is 1.17 bits per heavy atom. The number of piperazine rings is 1. The molecule has 1 fully saturated rings. The summed E-state index contributed by atoms with van der Waals surface area (Å²) in [6, 6.07) is 5.63. The number of rotatable bonds is 7. The Morgan fingerprint density at radius 3 is 2.70 bits per heavy atom. The average Bonchev–Trinajstić information content (AvgIpc) is 3.17. The predicted molar refractivity (Wildman–Crippen MR) is 117 cm³/mol. The largest absolute Gasteiger partial charge is 0.422 e. The molecule has 0 bridgehead atoms. The molecular formula is C22H29N5O3. The van der Waals surface area contributed by atoms with E-state index in [1.165, 1.54) is 6.20 Å². The van der Waals surface area contributed by atoms with E-state index in [-0.39, 0.29) is 12.5 Å². The zero-order valence-corrected chi connectivity index (χ0v) is 17.7. The Balaban J connectivity index is 1.36. The Kier molecular flexibility index (Phi) is 6.15. The standard InChI is InChI=1S/C22H29N5O3/c1-3-25-9-11-26(12-10-25)8-4-7-23-20(28)15-27-21-17-13-16(2)5-6-19(17)30-22(29)18(21)14-24-27/h5-6,13-14H,3-4,7-12,15H2,1-2H3,(H,23,28). The SMILES string of the molecule is CCN1CCN(CCCNC(=O)Cn2ncc3c(=O)oc4ccc(C)cc4c32)CC1. The molecule has 8 heteroatoms. The lowest BCUT2D eigenvalue weighted by Gasteiger charge is -2.33. The van der Waals surface area contributed by atoms with Crippen molar-refractivity contribution in [3.05, 3.63) is 40.4 Å². The van der Waals surface area contributed by atoms with Crippen LogP contribution in [0.2, 0.25) is 0 Å². The Bertz CT molecular complexity index is 1100. The summed E-state index contributed by atoms with van der Waals surface area (Å²) < 4.78 is 6.97. The molecule has 4 rings (SSSR count). The highest BCUT2D eigenvalue weighted by Gasteiger charge is 2.16. The second-order valence-corrected chi connectivity index (χ2v) is 7.93. The molecule has 0 saturated carbocycles. The van der Waals surface area contributed by atoms with Gasteiger partial charge in [0.1, 0.15) is 17.5 Å². The molecule has 1 amide bonds. The molecule has 3 aromatic rings. The van der Waals surface area contributed by atoms with Crippen LogP contribution in [-0.2, 0) is 11.3 Å². The van der Waals surface area contributed by atoms with Gasteiger partial charge in [0.15, 0.2) is 0 Å². The number of fused-ring (bicyclic) bond motifs is 3. The normalized spacial score (nSPS) is 15.8. The first kappa shape index (κ1) is 20.6. The van der Waals surface area contributed by atoms with Gasteiger partial charge in [0.2, 0.25) is 5.91 Å². The molecule has 0 spiro atoms. The highest BCUT2D eigenvalue weighted by atomic mass is 16.4. The van der Waals surface area contributed by atoms with Crippen LogP contribution < -0.4 is 10.9 Å². The second kappa shape index (κ2) is 8.97. The number of hydrogen-bond acceptors (Lipinski definition) is 6. The van der Waals surface area contributed by atoms with Crippen LogP contribution in [-0.4, -0.2) is 71.3 Å². The molecule has 1 aromatic carbocycles. The zero-order chi connectivity index (χ0) is 21.1. The molecule has 1 aliphatic rings. The van der Waals surface area contributed by atoms with Gasteiger partial charge in [-0.2, -0.15) is 5.10 Å². The van der Waals surface area contributed by atoms with Crippen LogP contribution in [0.25, 0.3) is 21.9 Å². The van der Waals surface area contributed by atoms with Crippen molar-refractivity contribution in [1.29, 1.82) is 0 Å². The van der Waals surface area contributed by atoms with Crippen molar-refractivity contribution in [2.24, 2.45) is 0 Å². The minimum atomic E-state index is -0.434. The van der Waals surface area contributed by atoms with E-state index < -0.39 is 5.63 Å². The molecule has 1 saturated heterocycles. The third-order valence-corrected chi connectivity index (χ3v) is 5.83. The number of nitrogens with zero attached hydrogens (tertiary/aromatic N) is 4. The molecular weight excluding hydrogens is 382 g/mol. The molecule has 1 N–H and O–H groups in total. The number of aromatic nitrogens is 2. The van der Waals surface area contributed by atoms with Crippen LogP contribution in [0.1, 0.15) is 18.9 Å². The minimum absolute atomic E-state index is 0.0746. The van der Waals surface area contributed by atoms with E-state index >= 15 is 0 Å². The fourth-order valence-corrected chi connectivity index (χ4v) is 4.06. The van der Waals surface area contributed by atoms with E-state index in [9.17, 15) is 9.59 Å². The molecule has 0 unspecified atom stereocenters. The molecule has 3 heterocycles. The van der Waals surface area contributed by atoms with Crippen LogP contribution in [0, 0.1) is 6.92 Å². The van der Waals surface area contributed by atoms with Crippen molar-refractivity contribution in [3.8, 4) is 0 Å². The van der Waals surface area contributed by atoms with Gasteiger partial charge in [-0.15, -0.1) is 0 Å². The number of carbonyl (C=O) groups excluding carboxylic acids is 1. The lowest BCUT2D eigenvalue weighted by atomic mass is 10.1. The summed E-state index contributed by atoms with van der Waals surface area (Å²) in [6.45, 7) is 11.4. The van der Waals surface area contributed by atoms with Crippen LogP contribution in [0.3, 0.4) is 0 Å². The fourth-order valence-electron chi connectivity index (χ4n) is 4.06. The van der Waals surface area contributed by atoms with Gasteiger partial charge in [-0.3, -0.25) is 9.48 Å². The number of nitrogens with one attached hydrogen (secondary N) is 1. The van der Waals surface area contributed by atoms with Gasteiger partial charge < -0.3 is 19.5 Å². The molecule has 1 aliphatic heterocycles. The first-order valence-corrected chi connectivity index (χ1v) is 10.7. The number of carbonyl (C=O) groups is 1. The Labute approximate surface area is 175 Å². The smallest absolute Gasteiger partial charge is 0.347 e. The van der Waals surface area contributed by atoms with Gasteiger partial charge in [0.25, 0.3) is 0 Å². The molecule has 2 aromatic heterocycles. The quantitative estimate of drug-likeness (QED) is 0.470. The van der Waals surface area contributed by atoms with E-state index in [1.807, 2.05) is 19.1 Å². The number of hydrogen-bond donors (Lipinski definition) is 1. The van der Waals surface area contributed by atoms with Crippen molar-refractivity contribution in [2.75, 3.05) is 45.8 Å². The first-order valence-electron chi connectivity index (χ1n) is 10.7. The van der Waals surface area contributed by atoms with Gasteiger partial charge >= 0.3 is 5.63 Å². The van der Waals surface area contributed by atoms with Crippen molar-refractivity contribution in [2.45, 2.75) is 26.8 Å². The van der Waals surface area contributed by atoms with E-state index in [0.717, 1.165) is 56.6 Å². The maximum atomic E-state index is 12.5. The molecule has 0 atom stereocenters. The Morgan fingerprint density at radius 2 is 1.93 bits per heavy atom. The van der Waals surface area contributed by atoms with E-state index in [0.29, 0.717) is 23.0 Å². The van der Waals surface area contributed by atoms with Gasteiger partial charge in [0.05, 0.1) is 11.7 Å². The van der Waals surface area contributed by atoms with Crippen molar-refractivity contribution in [3.63, 3.8) is 0 Å². The van der Waals surface area contributed by atoms with Crippen molar-refractivity contribution >= 4 is 27.8 Å². The van der Waals surface area contributed by atoms with Crippen molar-refractivity contribution < 1.29 is 9.21 Å². The summed E-state index contributed by atoms with van der Waals surface area (Å²) >= 11 is 0. The zero-order valence-electron chi connectivity index (χ0n) is 17.7. The molecule has 30 heavy (non-hydrogen) atoms. The van der Waals surface area contributed by atoms with Gasteiger partial charge in [-0.25, -0.2) is 4.79 Å². The summed E-state index contributed by atoms with van der Waals surface area (Å²) in [5.41, 5.74) is 1.77.